The minimum Gasteiger partial charge on any atom is -0.360 e. The molecule has 2 aromatic carbocycles. The van der Waals surface area contributed by atoms with E-state index in [1.165, 1.54) is 21.7 Å². The normalized spacial score (nSPS) is 16.6. The number of aryl methyl sites for hydroxylation is 1. The molecule has 1 aliphatic rings. The molecule has 126 valence electrons. The molecule has 0 saturated carbocycles. The molecule has 3 nitrogen and oxygen atoms in total. The summed E-state index contributed by atoms with van der Waals surface area (Å²) >= 11 is 1.93. The lowest BCUT2D eigenvalue weighted by Crippen LogP contribution is -2.42. The molecule has 1 amide bonds. The highest BCUT2D eigenvalue weighted by Gasteiger charge is 2.25. The van der Waals surface area contributed by atoms with Crippen LogP contribution in [0.15, 0.2) is 53.4 Å². The Kier molecular flexibility index (Phi) is 5.46. The van der Waals surface area contributed by atoms with E-state index in [1.807, 2.05) is 30.0 Å². The van der Waals surface area contributed by atoms with Gasteiger partial charge in [0, 0.05) is 23.2 Å². The lowest BCUT2D eigenvalue weighted by molar-refractivity contribution is -0.119. The summed E-state index contributed by atoms with van der Waals surface area (Å²) in [7, 11) is 0. The van der Waals surface area contributed by atoms with E-state index in [9.17, 15) is 4.79 Å². The molecule has 0 saturated heterocycles. The number of anilines is 1. The summed E-state index contributed by atoms with van der Waals surface area (Å²) in [6.07, 6.45) is 1.11. The third kappa shape index (κ3) is 3.93. The maximum atomic E-state index is 12.4. The van der Waals surface area contributed by atoms with Crippen molar-refractivity contribution in [1.82, 2.24) is 5.32 Å². The SMILES string of the molecule is CC[C@H]1CN(CC(=O)NCc2ccccc2C)c2ccccc2S1. The molecule has 0 unspecified atom stereocenters. The predicted octanol–water partition coefficient (Wildman–Crippen LogP) is 4.00. The zero-order chi connectivity index (χ0) is 16.9. The number of nitrogens with zero attached hydrogens (tertiary/aromatic N) is 1. The van der Waals surface area contributed by atoms with Gasteiger partial charge >= 0.3 is 0 Å². The van der Waals surface area contributed by atoms with Gasteiger partial charge < -0.3 is 10.2 Å². The molecule has 1 atom stereocenters. The van der Waals surface area contributed by atoms with Crippen molar-refractivity contribution < 1.29 is 4.79 Å². The van der Waals surface area contributed by atoms with E-state index in [-0.39, 0.29) is 5.91 Å². The monoisotopic (exact) mass is 340 g/mol. The third-order valence-electron chi connectivity index (χ3n) is 4.45. The van der Waals surface area contributed by atoms with Crippen molar-refractivity contribution in [2.24, 2.45) is 0 Å². The van der Waals surface area contributed by atoms with Crippen molar-refractivity contribution in [3.8, 4) is 0 Å². The Morgan fingerprint density at radius 2 is 1.96 bits per heavy atom. The zero-order valence-corrected chi connectivity index (χ0v) is 15.1. The third-order valence-corrected chi connectivity index (χ3v) is 5.87. The number of para-hydroxylation sites is 1. The number of hydrogen-bond acceptors (Lipinski definition) is 3. The van der Waals surface area contributed by atoms with Gasteiger partial charge in [-0.25, -0.2) is 0 Å². The predicted molar refractivity (Wildman–Crippen MR) is 102 cm³/mol. The summed E-state index contributed by atoms with van der Waals surface area (Å²) in [6.45, 7) is 6.22. The Bertz CT molecular complexity index is 716. The lowest BCUT2D eigenvalue weighted by atomic mass is 10.1. The number of hydrogen-bond donors (Lipinski definition) is 1. The Balaban J connectivity index is 1.64. The maximum absolute atomic E-state index is 12.4. The number of rotatable bonds is 5. The first-order valence-corrected chi connectivity index (χ1v) is 9.37. The first kappa shape index (κ1) is 16.9. The van der Waals surface area contributed by atoms with E-state index in [1.54, 1.807) is 0 Å². The van der Waals surface area contributed by atoms with Crippen LogP contribution in [0, 0.1) is 6.92 Å². The second kappa shape index (κ2) is 7.75. The number of carbonyl (C=O) groups excluding carboxylic acids is 1. The molecule has 3 rings (SSSR count). The largest absolute Gasteiger partial charge is 0.360 e. The number of carbonyl (C=O) groups is 1. The van der Waals surface area contributed by atoms with Crippen LogP contribution in [0.5, 0.6) is 0 Å². The van der Waals surface area contributed by atoms with Gasteiger partial charge in [-0.05, 0) is 36.6 Å². The molecular formula is C20H24N2OS. The van der Waals surface area contributed by atoms with Gasteiger partial charge in [-0.3, -0.25) is 4.79 Å². The van der Waals surface area contributed by atoms with Crippen LogP contribution in [0.25, 0.3) is 0 Å². The van der Waals surface area contributed by atoms with E-state index >= 15 is 0 Å². The minimum absolute atomic E-state index is 0.0785. The van der Waals surface area contributed by atoms with Gasteiger partial charge in [-0.1, -0.05) is 43.3 Å². The second-order valence-corrected chi connectivity index (χ2v) is 7.54. The molecule has 2 aromatic rings. The molecule has 0 bridgehead atoms. The van der Waals surface area contributed by atoms with Crippen molar-refractivity contribution in [3.05, 3.63) is 59.7 Å². The summed E-state index contributed by atoms with van der Waals surface area (Å²) in [5.41, 5.74) is 3.56. The maximum Gasteiger partial charge on any atom is 0.239 e. The molecule has 4 heteroatoms. The summed E-state index contributed by atoms with van der Waals surface area (Å²) < 4.78 is 0. The lowest BCUT2D eigenvalue weighted by Gasteiger charge is -2.34. The van der Waals surface area contributed by atoms with Gasteiger partial charge in [-0.2, -0.15) is 0 Å². The fraction of sp³-hybridized carbons (Fsp3) is 0.350. The van der Waals surface area contributed by atoms with Crippen LogP contribution in [0.4, 0.5) is 5.69 Å². The topological polar surface area (TPSA) is 32.3 Å². The van der Waals surface area contributed by atoms with Gasteiger partial charge in [0.15, 0.2) is 0 Å². The molecule has 0 radical (unpaired) electrons. The summed E-state index contributed by atoms with van der Waals surface area (Å²) in [6, 6.07) is 16.6. The van der Waals surface area contributed by atoms with Crippen LogP contribution in [0.2, 0.25) is 0 Å². The Hall–Kier alpha value is -1.94. The molecule has 0 aliphatic carbocycles. The van der Waals surface area contributed by atoms with Gasteiger partial charge in [0.25, 0.3) is 0 Å². The first-order valence-electron chi connectivity index (χ1n) is 8.49. The van der Waals surface area contributed by atoms with Crippen LogP contribution in [-0.4, -0.2) is 24.2 Å². The van der Waals surface area contributed by atoms with Gasteiger partial charge in [0.1, 0.15) is 0 Å². The van der Waals surface area contributed by atoms with Crippen molar-refractivity contribution >= 4 is 23.4 Å². The molecule has 0 spiro atoms. The van der Waals surface area contributed by atoms with Crippen LogP contribution >= 0.6 is 11.8 Å². The highest BCUT2D eigenvalue weighted by molar-refractivity contribution is 8.00. The second-order valence-electron chi connectivity index (χ2n) is 6.20. The highest BCUT2D eigenvalue weighted by atomic mass is 32.2. The first-order chi connectivity index (χ1) is 11.7. The quantitative estimate of drug-likeness (QED) is 0.893. The van der Waals surface area contributed by atoms with E-state index < -0.39 is 0 Å². The van der Waals surface area contributed by atoms with Gasteiger partial charge in [0.2, 0.25) is 5.91 Å². The summed E-state index contributed by atoms with van der Waals surface area (Å²) in [4.78, 5) is 15.9. The Morgan fingerprint density at radius 3 is 2.75 bits per heavy atom. The van der Waals surface area contributed by atoms with Crippen molar-refractivity contribution in [2.75, 3.05) is 18.0 Å². The molecule has 0 fully saturated rings. The summed E-state index contributed by atoms with van der Waals surface area (Å²) in [5.74, 6) is 0.0785. The van der Waals surface area contributed by atoms with E-state index in [0.29, 0.717) is 18.3 Å². The number of fused-ring (bicyclic) bond motifs is 1. The van der Waals surface area contributed by atoms with Crippen molar-refractivity contribution in [3.63, 3.8) is 0 Å². The van der Waals surface area contributed by atoms with Crippen LogP contribution in [-0.2, 0) is 11.3 Å². The average molecular weight is 340 g/mol. The van der Waals surface area contributed by atoms with Gasteiger partial charge in [-0.15, -0.1) is 11.8 Å². The molecule has 1 N–H and O–H groups in total. The van der Waals surface area contributed by atoms with E-state index in [4.69, 9.17) is 0 Å². The number of amides is 1. The molecule has 1 heterocycles. The fourth-order valence-electron chi connectivity index (χ4n) is 2.97. The fourth-order valence-corrected chi connectivity index (χ4v) is 4.23. The van der Waals surface area contributed by atoms with Crippen LogP contribution < -0.4 is 10.2 Å². The zero-order valence-electron chi connectivity index (χ0n) is 14.3. The van der Waals surface area contributed by atoms with E-state index in [0.717, 1.165) is 13.0 Å². The number of thioether (sulfide) groups is 1. The summed E-state index contributed by atoms with van der Waals surface area (Å²) in [5, 5.41) is 3.61. The Morgan fingerprint density at radius 1 is 1.21 bits per heavy atom. The standard InChI is InChI=1S/C20H24N2OS/c1-3-17-13-22(18-10-6-7-11-19(18)24-17)14-20(23)21-12-16-9-5-4-8-15(16)2/h4-11,17H,3,12-14H2,1-2H3,(H,21,23)/t17-/m0/s1. The van der Waals surface area contributed by atoms with Crippen molar-refractivity contribution in [1.29, 1.82) is 0 Å². The Labute approximate surface area is 148 Å². The average Bonchev–Trinajstić information content (AvgIpc) is 2.61. The smallest absolute Gasteiger partial charge is 0.239 e. The van der Waals surface area contributed by atoms with Crippen molar-refractivity contribution in [2.45, 2.75) is 37.0 Å². The molecular weight excluding hydrogens is 316 g/mol. The molecule has 1 aliphatic heterocycles. The number of nitrogens with one attached hydrogen (secondary N) is 1. The molecule has 24 heavy (non-hydrogen) atoms. The van der Waals surface area contributed by atoms with E-state index in [2.05, 4.69) is 54.4 Å². The van der Waals surface area contributed by atoms with Crippen LogP contribution in [0.3, 0.4) is 0 Å². The van der Waals surface area contributed by atoms with Crippen LogP contribution in [0.1, 0.15) is 24.5 Å². The molecule has 0 aromatic heterocycles. The minimum atomic E-state index is 0.0785. The highest BCUT2D eigenvalue weighted by Crippen LogP contribution is 2.39. The van der Waals surface area contributed by atoms with Gasteiger partial charge in [0.05, 0.1) is 12.2 Å². The number of benzene rings is 2.